The van der Waals surface area contributed by atoms with Crippen LogP contribution >= 0.6 is 23.1 Å². The average molecular weight is 232 g/mol. The van der Waals surface area contributed by atoms with Crippen molar-refractivity contribution >= 4 is 40.0 Å². The molecule has 13 heavy (non-hydrogen) atoms. The second-order valence-corrected chi connectivity index (χ2v) is 6.34. The lowest BCUT2D eigenvalue weighted by Crippen LogP contribution is -1.85. The SMILES string of the molecule is CS/C(=C\c1ccc(C)s1)S(C)=O. The van der Waals surface area contributed by atoms with Crippen LogP contribution in [-0.4, -0.2) is 16.7 Å². The van der Waals surface area contributed by atoms with Gasteiger partial charge in [0.1, 0.15) is 0 Å². The first-order valence-corrected chi connectivity index (χ1v) is 7.39. The van der Waals surface area contributed by atoms with E-state index in [0.29, 0.717) is 0 Å². The molecule has 1 rings (SSSR count). The van der Waals surface area contributed by atoms with Crippen LogP contribution in [0.25, 0.3) is 6.08 Å². The molecule has 1 nitrogen and oxygen atoms in total. The quantitative estimate of drug-likeness (QED) is 0.796. The number of hydrogen-bond donors (Lipinski definition) is 0. The Labute approximate surface area is 89.7 Å². The Kier molecular flexibility index (Phi) is 4.22. The molecule has 0 aliphatic carbocycles. The van der Waals surface area contributed by atoms with Crippen LogP contribution in [-0.2, 0) is 10.8 Å². The third kappa shape index (κ3) is 3.29. The van der Waals surface area contributed by atoms with Crippen molar-refractivity contribution in [1.29, 1.82) is 0 Å². The first-order valence-electron chi connectivity index (χ1n) is 3.79. The molecular formula is C9H12OS3. The van der Waals surface area contributed by atoms with Crippen LogP contribution in [0.1, 0.15) is 9.75 Å². The van der Waals surface area contributed by atoms with Crippen molar-refractivity contribution in [3.05, 3.63) is 26.1 Å². The molecular weight excluding hydrogens is 220 g/mol. The van der Waals surface area contributed by atoms with Crippen molar-refractivity contribution in [3.63, 3.8) is 0 Å². The summed E-state index contributed by atoms with van der Waals surface area (Å²) in [5, 5.41) is 0. The second-order valence-electron chi connectivity index (χ2n) is 2.57. The third-order valence-corrected chi connectivity index (χ3v) is 4.86. The van der Waals surface area contributed by atoms with Crippen LogP contribution < -0.4 is 0 Å². The molecule has 0 amide bonds. The van der Waals surface area contributed by atoms with E-state index in [1.54, 1.807) is 29.4 Å². The van der Waals surface area contributed by atoms with Crippen LogP contribution in [0, 0.1) is 6.92 Å². The standard InChI is InChI=1S/C9H12OS3/c1-7-4-5-8(12-7)6-9(11-2)13(3)10/h4-6H,1-3H3/b9-6+. The summed E-state index contributed by atoms with van der Waals surface area (Å²) in [6.45, 7) is 2.07. The summed E-state index contributed by atoms with van der Waals surface area (Å²) in [5.74, 6) is 0. The van der Waals surface area contributed by atoms with Crippen molar-refractivity contribution in [2.24, 2.45) is 0 Å². The predicted octanol–water partition coefficient (Wildman–Crippen LogP) is 3.10. The van der Waals surface area contributed by atoms with Gasteiger partial charge in [-0.1, -0.05) is 0 Å². The number of thiophene rings is 1. The summed E-state index contributed by atoms with van der Waals surface area (Å²) < 4.78 is 12.1. The molecule has 1 unspecified atom stereocenters. The normalized spacial score (nSPS) is 14.5. The van der Waals surface area contributed by atoms with Gasteiger partial charge in [0.05, 0.1) is 15.0 Å². The first-order chi connectivity index (χ1) is 6.13. The number of hydrogen-bond acceptors (Lipinski definition) is 3. The van der Waals surface area contributed by atoms with E-state index in [1.807, 2.05) is 12.3 Å². The molecule has 0 aliphatic rings. The minimum Gasteiger partial charge on any atom is -0.254 e. The molecule has 1 aromatic heterocycles. The highest BCUT2D eigenvalue weighted by molar-refractivity contribution is 8.16. The van der Waals surface area contributed by atoms with Crippen molar-refractivity contribution in [1.82, 2.24) is 0 Å². The van der Waals surface area contributed by atoms with Crippen LogP contribution in [0.15, 0.2) is 16.4 Å². The largest absolute Gasteiger partial charge is 0.254 e. The highest BCUT2D eigenvalue weighted by Crippen LogP contribution is 2.23. The highest BCUT2D eigenvalue weighted by Gasteiger charge is 2.01. The van der Waals surface area contributed by atoms with Gasteiger partial charge in [-0.05, 0) is 31.4 Å². The van der Waals surface area contributed by atoms with Gasteiger partial charge in [0.2, 0.25) is 0 Å². The summed E-state index contributed by atoms with van der Waals surface area (Å²) in [7, 11) is -0.864. The summed E-state index contributed by atoms with van der Waals surface area (Å²) in [5.41, 5.74) is 0. The molecule has 0 fully saturated rings. The van der Waals surface area contributed by atoms with E-state index < -0.39 is 10.8 Å². The van der Waals surface area contributed by atoms with Crippen molar-refractivity contribution in [3.8, 4) is 0 Å². The van der Waals surface area contributed by atoms with Gasteiger partial charge in [-0.25, -0.2) is 0 Å². The molecule has 0 spiro atoms. The van der Waals surface area contributed by atoms with Gasteiger partial charge < -0.3 is 0 Å². The molecule has 0 aliphatic heterocycles. The zero-order valence-electron chi connectivity index (χ0n) is 7.87. The molecule has 0 saturated carbocycles. The lowest BCUT2D eigenvalue weighted by Gasteiger charge is -1.96. The Hall–Kier alpha value is -0.0600. The van der Waals surface area contributed by atoms with Crippen molar-refractivity contribution < 1.29 is 4.21 Å². The summed E-state index contributed by atoms with van der Waals surface area (Å²) in [4.78, 5) is 2.46. The number of thioether (sulfide) groups is 1. The topological polar surface area (TPSA) is 17.1 Å². The zero-order chi connectivity index (χ0) is 9.84. The van der Waals surface area contributed by atoms with E-state index in [4.69, 9.17) is 0 Å². The summed E-state index contributed by atoms with van der Waals surface area (Å²) in [6, 6.07) is 4.14. The van der Waals surface area contributed by atoms with E-state index in [2.05, 4.69) is 19.1 Å². The maximum atomic E-state index is 11.2. The molecule has 72 valence electrons. The van der Waals surface area contributed by atoms with Gasteiger partial charge in [0, 0.05) is 16.0 Å². The molecule has 0 saturated heterocycles. The van der Waals surface area contributed by atoms with Crippen LogP contribution in [0.4, 0.5) is 0 Å². The minimum absolute atomic E-state index is 0.864. The molecule has 1 heterocycles. The molecule has 0 aromatic carbocycles. The molecule has 1 aromatic rings. The Balaban J connectivity index is 2.91. The van der Waals surface area contributed by atoms with Gasteiger partial charge in [0.15, 0.2) is 0 Å². The molecule has 1 atom stereocenters. The van der Waals surface area contributed by atoms with Crippen LogP contribution in [0.3, 0.4) is 0 Å². The van der Waals surface area contributed by atoms with Gasteiger partial charge in [-0.15, -0.1) is 23.1 Å². The Morgan fingerprint density at radius 2 is 2.31 bits per heavy atom. The van der Waals surface area contributed by atoms with E-state index in [0.717, 1.165) is 4.24 Å². The van der Waals surface area contributed by atoms with Crippen LogP contribution in [0.2, 0.25) is 0 Å². The lowest BCUT2D eigenvalue weighted by atomic mass is 10.4. The highest BCUT2D eigenvalue weighted by atomic mass is 32.2. The number of aryl methyl sites for hydroxylation is 1. The third-order valence-electron chi connectivity index (χ3n) is 1.51. The van der Waals surface area contributed by atoms with E-state index >= 15 is 0 Å². The fourth-order valence-electron chi connectivity index (χ4n) is 0.906. The lowest BCUT2D eigenvalue weighted by molar-refractivity contribution is 0.691. The Morgan fingerprint density at radius 1 is 1.62 bits per heavy atom. The molecule has 0 radical (unpaired) electrons. The van der Waals surface area contributed by atoms with E-state index in [-0.39, 0.29) is 0 Å². The van der Waals surface area contributed by atoms with Gasteiger partial charge in [-0.2, -0.15) is 0 Å². The Morgan fingerprint density at radius 3 is 2.69 bits per heavy atom. The fraction of sp³-hybridized carbons (Fsp3) is 0.333. The minimum atomic E-state index is -0.864. The van der Waals surface area contributed by atoms with E-state index in [1.165, 1.54) is 9.75 Å². The molecule has 4 heteroatoms. The first kappa shape index (κ1) is 11.0. The summed E-state index contributed by atoms with van der Waals surface area (Å²) >= 11 is 3.27. The molecule has 0 N–H and O–H groups in total. The smallest absolute Gasteiger partial charge is 0.0724 e. The second kappa shape index (κ2) is 4.98. The number of rotatable bonds is 3. The maximum absolute atomic E-state index is 11.2. The fourth-order valence-corrected chi connectivity index (χ4v) is 3.35. The van der Waals surface area contributed by atoms with Crippen molar-refractivity contribution in [2.75, 3.05) is 12.5 Å². The van der Waals surface area contributed by atoms with Crippen LogP contribution in [0.5, 0.6) is 0 Å². The Bertz CT molecular complexity index is 338. The van der Waals surface area contributed by atoms with E-state index in [9.17, 15) is 4.21 Å². The van der Waals surface area contributed by atoms with Gasteiger partial charge in [0.25, 0.3) is 0 Å². The predicted molar refractivity (Wildman–Crippen MR) is 64.6 cm³/mol. The average Bonchev–Trinajstić information content (AvgIpc) is 2.46. The van der Waals surface area contributed by atoms with Gasteiger partial charge >= 0.3 is 0 Å². The van der Waals surface area contributed by atoms with Gasteiger partial charge in [-0.3, -0.25) is 4.21 Å². The monoisotopic (exact) mass is 232 g/mol. The molecule has 0 bridgehead atoms. The zero-order valence-corrected chi connectivity index (χ0v) is 10.3. The van der Waals surface area contributed by atoms with Crippen molar-refractivity contribution in [2.45, 2.75) is 6.92 Å². The maximum Gasteiger partial charge on any atom is 0.0724 e. The summed E-state index contributed by atoms with van der Waals surface area (Å²) in [6.07, 6.45) is 5.66.